The van der Waals surface area contributed by atoms with E-state index in [1.807, 2.05) is 36.1 Å². The van der Waals surface area contributed by atoms with Gasteiger partial charge in [0.1, 0.15) is 5.56 Å². The lowest BCUT2D eigenvalue weighted by atomic mass is 9.93. The molecule has 0 saturated heterocycles. The molecular formula is C24H21F3N4O3. The Morgan fingerprint density at radius 3 is 2.59 bits per heavy atom. The molecule has 5 rings (SSSR count). The normalized spacial score (nSPS) is 16.6. The predicted octanol–water partition coefficient (Wildman–Crippen LogP) is 3.70. The van der Waals surface area contributed by atoms with Gasteiger partial charge in [0.05, 0.1) is 17.3 Å². The molecule has 3 N–H and O–H groups in total. The summed E-state index contributed by atoms with van der Waals surface area (Å²) >= 11 is 0. The highest BCUT2D eigenvalue weighted by molar-refractivity contribution is 5.85. The lowest BCUT2D eigenvalue weighted by molar-refractivity contribution is -0.137. The summed E-state index contributed by atoms with van der Waals surface area (Å²) in [5.74, 6) is -0.692. The van der Waals surface area contributed by atoms with E-state index in [1.165, 1.54) is 6.07 Å². The van der Waals surface area contributed by atoms with Crippen LogP contribution in [0.3, 0.4) is 0 Å². The molecule has 7 nitrogen and oxygen atoms in total. The molecule has 1 aliphatic rings. The molecule has 1 aliphatic heterocycles. The van der Waals surface area contributed by atoms with Crippen LogP contribution in [-0.4, -0.2) is 37.6 Å². The van der Waals surface area contributed by atoms with Crippen LogP contribution in [0, 0.1) is 0 Å². The van der Waals surface area contributed by atoms with Crippen molar-refractivity contribution < 1.29 is 18.3 Å². The van der Waals surface area contributed by atoms with Gasteiger partial charge in [-0.05, 0) is 42.8 Å². The van der Waals surface area contributed by atoms with E-state index < -0.39 is 34.9 Å². The highest BCUT2D eigenvalue weighted by atomic mass is 19.4. The smallest absolute Gasteiger partial charge is 0.416 e. The third kappa shape index (κ3) is 3.41. The number of likely N-dealkylation sites (N-methyl/N-ethyl adjacent to an activating group) is 1. The second-order valence-corrected chi connectivity index (χ2v) is 8.22. The number of nitrogens with one attached hydrogen (secondary N) is 2. The average molecular weight is 470 g/mol. The summed E-state index contributed by atoms with van der Waals surface area (Å²) in [6.45, 7) is 3.05. The van der Waals surface area contributed by atoms with E-state index in [0.29, 0.717) is 23.4 Å². The maximum Gasteiger partial charge on any atom is 0.416 e. The van der Waals surface area contributed by atoms with Crippen LogP contribution in [0.4, 0.5) is 13.2 Å². The zero-order valence-corrected chi connectivity index (χ0v) is 18.1. The summed E-state index contributed by atoms with van der Waals surface area (Å²) < 4.78 is 40.5. The van der Waals surface area contributed by atoms with Crippen molar-refractivity contribution in [2.45, 2.75) is 25.6 Å². The molecular weight excluding hydrogens is 449 g/mol. The number of para-hydroxylation sites is 1. The molecule has 0 amide bonds. The van der Waals surface area contributed by atoms with Gasteiger partial charge in [-0.3, -0.25) is 14.7 Å². The lowest BCUT2D eigenvalue weighted by Crippen LogP contribution is -2.41. The Morgan fingerprint density at radius 1 is 1.09 bits per heavy atom. The van der Waals surface area contributed by atoms with Crippen molar-refractivity contribution in [1.29, 1.82) is 0 Å². The van der Waals surface area contributed by atoms with Crippen LogP contribution in [0.15, 0.2) is 58.1 Å². The Labute approximate surface area is 191 Å². The van der Waals surface area contributed by atoms with E-state index in [4.69, 9.17) is 0 Å². The number of fused-ring (bicyclic) bond motifs is 3. The minimum Gasteiger partial charge on any atom is -0.494 e. The van der Waals surface area contributed by atoms with Crippen LogP contribution >= 0.6 is 0 Å². The van der Waals surface area contributed by atoms with E-state index in [0.717, 1.165) is 41.1 Å². The molecule has 0 unspecified atom stereocenters. The van der Waals surface area contributed by atoms with Crippen LogP contribution in [0.25, 0.3) is 16.6 Å². The lowest BCUT2D eigenvalue weighted by Gasteiger charge is -2.35. The summed E-state index contributed by atoms with van der Waals surface area (Å²) in [6, 6.07) is 11.0. The number of halogens is 3. The van der Waals surface area contributed by atoms with Crippen LogP contribution < -0.4 is 11.2 Å². The minimum atomic E-state index is -4.64. The van der Waals surface area contributed by atoms with Crippen molar-refractivity contribution in [3.63, 3.8) is 0 Å². The quantitative estimate of drug-likeness (QED) is 0.426. The number of nitrogens with zero attached hydrogens (tertiary/aromatic N) is 2. The van der Waals surface area contributed by atoms with E-state index >= 15 is 0 Å². The van der Waals surface area contributed by atoms with Crippen LogP contribution in [0.5, 0.6) is 5.88 Å². The van der Waals surface area contributed by atoms with Crippen molar-refractivity contribution in [2.24, 2.45) is 0 Å². The molecule has 4 aromatic rings. The third-order valence-corrected chi connectivity index (χ3v) is 6.37. The first-order valence-electron chi connectivity index (χ1n) is 10.8. The largest absolute Gasteiger partial charge is 0.494 e. The summed E-state index contributed by atoms with van der Waals surface area (Å²) in [7, 11) is 0. The summed E-state index contributed by atoms with van der Waals surface area (Å²) in [5.41, 5.74) is -0.517. The van der Waals surface area contributed by atoms with Gasteiger partial charge in [0.25, 0.3) is 5.56 Å². The molecule has 2 aromatic carbocycles. The van der Waals surface area contributed by atoms with E-state index in [9.17, 15) is 27.9 Å². The maximum absolute atomic E-state index is 13.3. The molecule has 2 aromatic heterocycles. The van der Waals surface area contributed by atoms with Crippen LogP contribution in [0.2, 0.25) is 0 Å². The van der Waals surface area contributed by atoms with Gasteiger partial charge in [-0.25, -0.2) is 9.36 Å². The molecule has 0 bridgehead atoms. The number of aromatic nitrogens is 3. The Hall–Kier alpha value is -3.79. The Bertz CT molecular complexity index is 1520. The average Bonchev–Trinajstić information content (AvgIpc) is 3.17. The predicted molar refractivity (Wildman–Crippen MR) is 120 cm³/mol. The highest BCUT2D eigenvalue weighted by Crippen LogP contribution is 2.40. The van der Waals surface area contributed by atoms with Crippen molar-refractivity contribution in [1.82, 2.24) is 19.4 Å². The zero-order valence-electron chi connectivity index (χ0n) is 18.1. The topological polar surface area (TPSA) is 94.1 Å². The highest BCUT2D eigenvalue weighted by Gasteiger charge is 2.36. The monoisotopic (exact) mass is 470 g/mol. The van der Waals surface area contributed by atoms with Crippen molar-refractivity contribution in [3.8, 4) is 11.6 Å². The molecule has 0 radical (unpaired) electrons. The molecule has 0 aliphatic carbocycles. The molecule has 0 spiro atoms. The van der Waals surface area contributed by atoms with Gasteiger partial charge in [-0.15, -0.1) is 0 Å². The minimum absolute atomic E-state index is 0.105. The number of aromatic amines is 2. The standard InChI is InChI=1S/C24H21F3N4O3/c1-2-30-11-10-16-15-8-3-4-9-17(15)28-19(16)20(30)18-21(32)29-23(34)31(22(18)33)14-7-5-6-13(12-14)24(25,26)27/h3-9,12,20,28,33H,2,10-11H2,1H3,(H,29,32,34)/t20-/m1/s1. The number of hydrogen-bond acceptors (Lipinski definition) is 4. The third-order valence-electron chi connectivity index (χ3n) is 6.37. The fourth-order valence-electron chi connectivity index (χ4n) is 4.80. The first-order chi connectivity index (χ1) is 16.2. The van der Waals surface area contributed by atoms with Gasteiger partial charge in [-0.2, -0.15) is 13.2 Å². The number of benzene rings is 2. The van der Waals surface area contributed by atoms with E-state index in [2.05, 4.69) is 9.97 Å². The Balaban J connectivity index is 1.76. The van der Waals surface area contributed by atoms with E-state index in [-0.39, 0.29) is 11.3 Å². The number of alkyl halides is 3. The number of rotatable bonds is 3. The first-order valence-corrected chi connectivity index (χ1v) is 10.8. The SMILES string of the molecule is CCN1CCc2c([nH]c3ccccc23)[C@H]1c1c(O)n(-c2cccc(C(F)(F)F)c2)c(=O)[nH]c1=O. The molecule has 10 heteroatoms. The fourth-order valence-corrected chi connectivity index (χ4v) is 4.80. The second kappa shape index (κ2) is 7.91. The van der Waals surface area contributed by atoms with Gasteiger partial charge >= 0.3 is 11.9 Å². The summed E-state index contributed by atoms with van der Waals surface area (Å²) in [6.07, 6.45) is -3.92. The molecule has 3 heterocycles. The van der Waals surface area contributed by atoms with Gasteiger partial charge in [0.2, 0.25) is 5.88 Å². The number of H-pyrrole nitrogens is 2. The molecule has 0 fully saturated rings. The van der Waals surface area contributed by atoms with Crippen molar-refractivity contribution in [3.05, 3.63) is 91.8 Å². The molecule has 176 valence electrons. The van der Waals surface area contributed by atoms with Crippen LogP contribution in [-0.2, 0) is 12.6 Å². The number of hydrogen-bond donors (Lipinski definition) is 3. The van der Waals surface area contributed by atoms with Crippen molar-refractivity contribution >= 4 is 10.9 Å². The second-order valence-electron chi connectivity index (χ2n) is 8.22. The summed E-state index contributed by atoms with van der Waals surface area (Å²) in [4.78, 5) is 33.1. The fraction of sp³-hybridized carbons (Fsp3) is 0.250. The molecule has 0 saturated carbocycles. The van der Waals surface area contributed by atoms with Gasteiger partial charge < -0.3 is 10.1 Å². The van der Waals surface area contributed by atoms with Crippen molar-refractivity contribution in [2.75, 3.05) is 13.1 Å². The Kier molecular flexibility index (Phi) is 5.12. The van der Waals surface area contributed by atoms with Crippen LogP contribution in [0.1, 0.15) is 35.3 Å². The van der Waals surface area contributed by atoms with Gasteiger partial charge in [0.15, 0.2) is 0 Å². The maximum atomic E-state index is 13.3. The molecule has 1 atom stereocenters. The zero-order chi connectivity index (χ0) is 24.2. The number of aromatic hydroxyl groups is 1. The van der Waals surface area contributed by atoms with Gasteiger partial charge in [-0.1, -0.05) is 31.2 Å². The summed E-state index contributed by atoms with van der Waals surface area (Å²) in [5, 5.41) is 12.2. The first kappa shape index (κ1) is 22.0. The molecule has 34 heavy (non-hydrogen) atoms. The Morgan fingerprint density at radius 2 is 1.85 bits per heavy atom. The van der Waals surface area contributed by atoms with E-state index in [1.54, 1.807) is 0 Å². The van der Waals surface area contributed by atoms with Gasteiger partial charge in [0, 0.05) is 23.1 Å².